The number of ether oxygens (including phenoxy) is 3. The molecule has 118 valence electrons. The molecule has 0 spiro atoms. The summed E-state index contributed by atoms with van der Waals surface area (Å²) in [4.78, 5) is 23.8. The fourth-order valence-electron chi connectivity index (χ4n) is 2.18. The predicted molar refractivity (Wildman–Crippen MR) is 82.8 cm³/mol. The molecule has 1 heterocycles. The number of carbonyl (C=O) groups excluding carboxylic acids is 1. The number of hydrogen-bond donors (Lipinski definition) is 0. The van der Waals surface area contributed by atoms with Gasteiger partial charge in [0.25, 0.3) is 5.56 Å². The third-order valence-electron chi connectivity index (χ3n) is 3.12. The zero-order chi connectivity index (χ0) is 16.4. The summed E-state index contributed by atoms with van der Waals surface area (Å²) < 4.78 is 17.4. The third-order valence-corrected chi connectivity index (χ3v) is 3.12. The molecule has 0 saturated heterocycles. The van der Waals surface area contributed by atoms with Gasteiger partial charge in [0, 0.05) is 25.4 Å². The van der Waals surface area contributed by atoms with Crippen molar-refractivity contribution in [2.75, 3.05) is 7.11 Å². The van der Waals surface area contributed by atoms with Crippen LogP contribution in [0, 0.1) is 0 Å². The minimum atomic E-state index is -0.571. The summed E-state index contributed by atoms with van der Waals surface area (Å²) in [5.41, 5.74) is 0.197. The molecule has 0 aliphatic heterocycles. The molecule has 2 aromatic rings. The molecule has 0 amide bonds. The van der Waals surface area contributed by atoms with E-state index in [-0.39, 0.29) is 17.6 Å². The molecule has 1 aromatic heterocycles. The van der Waals surface area contributed by atoms with Crippen LogP contribution in [0.3, 0.4) is 0 Å². The van der Waals surface area contributed by atoms with Gasteiger partial charge in [0.2, 0.25) is 5.75 Å². The molecule has 0 saturated carbocycles. The summed E-state index contributed by atoms with van der Waals surface area (Å²) in [5, 5.41) is 0.674. The van der Waals surface area contributed by atoms with E-state index >= 15 is 0 Å². The van der Waals surface area contributed by atoms with E-state index in [4.69, 9.17) is 14.2 Å². The van der Waals surface area contributed by atoms with E-state index < -0.39 is 11.5 Å². The Morgan fingerprint density at radius 1 is 1.23 bits per heavy atom. The summed E-state index contributed by atoms with van der Waals surface area (Å²) >= 11 is 0. The van der Waals surface area contributed by atoms with Crippen molar-refractivity contribution in [3.8, 4) is 17.2 Å². The van der Waals surface area contributed by atoms with Gasteiger partial charge >= 0.3 is 5.97 Å². The van der Waals surface area contributed by atoms with Crippen LogP contribution in [0.15, 0.2) is 23.0 Å². The van der Waals surface area contributed by atoms with E-state index in [0.29, 0.717) is 16.7 Å². The molecular formula is C16H19NO5. The highest BCUT2D eigenvalue weighted by Gasteiger charge is 2.21. The molecule has 22 heavy (non-hydrogen) atoms. The van der Waals surface area contributed by atoms with Crippen molar-refractivity contribution < 1.29 is 19.0 Å². The van der Waals surface area contributed by atoms with E-state index in [1.165, 1.54) is 11.5 Å². The number of fused-ring (bicyclic) bond motifs is 1. The first-order valence-electron chi connectivity index (χ1n) is 6.91. The first-order chi connectivity index (χ1) is 10.3. The smallest absolute Gasteiger partial charge is 0.308 e. The van der Waals surface area contributed by atoms with Gasteiger partial charge < -0.3 is 18.8 Å². The number of esters is 1. The van der Waals surface area contributed by atoms with Gasteiger partial charge in [-0.25, -0.2) is 0 Å². The first-order valence-corrected chi connectivity index (χ1v) is 6.91. The van der Waals surface area contributed by atoms with Gasteiger partial charge in [-0.1, -0.05) is 0 Å². The lowest BCUT2D eigenvalue weighted by Gasteiger charge is -2.18. The maximum absolute atomic E-state index is 12.5. The number of pyridine rings is 1. The van der Waals surface area contributed by atoms with Gasteiger partial charge in [-0.2, -0.15) is 0 Å². The van der Waals surface area contributed by atoms with E-state index in [1.807, 2.05) is 13.8 Å². The van der Waals surface area contributed by atoms with Crippen molar-refractivity contribution in [3.63, 3.8) is 0 Å². The molecule has 0 radical (unpaired) electrons. The van der Waals surface area contributed by atoms with Crippen LogP contribution < -0.4 is 19.8 Å². The standard InChI is InChI=1S/C16H19NO5/c1-9(2)21-14-12-7-6-11(20-5)8-13(12)17(4)16(19)15(14)22-10(3)18/h6-9H,1-5H3. The maximum atomic E-state index is 12.5. The van der Waals surface area contributed by atoms with Crippen molar-refractivity contribution >= 4 is 16.9 Å². The number of hydrogen-bond acceptors (Lipinski definition) is 5. The Labute approximate surface area is 128 Å². The second kappa shape index (κ2) is 6.09. The quantitative estimate of drug-likeness (QED) is 0.811. The zero-order valence-corrected chi connectivity index (χ0v) is 13.3. The third kappa shape index (κ3) is 2.90. The van der Waals surface area contributed by atoms with Crippen molar-refractivity contribution in [2.24, 2.45) is 7.05 Å². The zero-order valence-electron chi connectivity index (χ0n) is 13.3. The molecule has 0 bridgehead atoms. The minimum absolute atomic E-state index is 0.0960. The summed E-state index contributed by atoms with van der Waals surface area (Å²) in [5.74, 6) is 0.226. The Hall–Kier alpha value is -2.50. The minimum Gasteiger partial charge on any atom is -0.497 e. The predicted octanol–water partition coefficient (Wildman–Crippen LogP) is 2.26. The highest BCUT2D eigenvalue weighted by molar-refractivity contribution is 5.89. The second-order valence-electron chi connectivity index (χ2n) is 5.17. The van der Waals surface area contributed by atoms with Crippen LogP contribution in [-0.4, -0.2) is 23.8 Å². The fraction of sp³-hybridized carbons (Fsp3) is 0.375. The normalized spacial score (nSPS) is 10.8. The van der Waals surface area contributed by atoms with Gasteiger partial charge in [-0.3, -0.25) is 9.59 Å². The van der Waals surface area contributed by atoms with E-state index in [0.717, 1.165) is 0 Å². The molecule has 0 aliphatic carbocycles. The molecule has 1 aromatic carbocycles. The fourth-order valence-corrected chi connectivity index (χ4v) is 2.18. The molecule has 0 unspecified atom stereocenters. The Morgan fingerprint density at radius 3 is 2.45 bits per heavy atom. The van der Waals surface area contributed by atoms with Crippen molar-refractivity contribution in [3.05, 3.63) is 28.6 Å². The molecule has 0 atom stereocenters. The Bertz CT molecular complexity index is 776. The van der Waals surface area contributed by atoms with Gasteiger partial charge in [-0.05, 0) is 26.0 Å². The van der Waals surface area contributed by atoms with Crippen LogP contribution in [-0.2, 0) is 11.8 Å². The number of nitrogens with zero attached hydrogens (tertiary/aromatic N) is 1. The van der Waals surface area contributed by atoms with Crippen LogP contribution >= 0.6 is 0 Å². The number of methoxy groups -OCH3 is 1. The van der Waals surface area contributed by atoms with Crippen LogP contribution in [0.2, 0.25) is 0 Å². The van der Waals surface area contributed by atoms with Gasteiger partial charge in [0.05, 0.1) is 18.7 Å². The summed E-state index contributed by atoms with van der Waals surface area (Å²) in [6, 6.07) is 5.28. The topological polar surface area (TPSA) is 66.8 Å². The second-order valence-corrected chi connectivity index (χ2v) is 5.17. The van der Waals surface area contributed by atoms with Gasteiger partial charge in [-0.15, -0.1) is 0 Å². The lowest BCUT2D eigenvalue weighted by Crippen LogP contribution is -2.23. The van der Waals surface area contributed by atoms with E-state index in [2.05, 4.69) is 0 Å². The molecule has 6 heteroatoms. The average molecular weight is 305 g/mol. The average Bonchev–Trinajstić information content (AvgIpc) is 2.47. The molecule has 2 rings (SSSR count). The SMILES string of the molecule is COc1ccc2c(OC(C)C)c(OC(C)=O)c(=O)n(C)c2c1. The number of carbonyl (C=O) groups is 1. The van der Waals surface area contributed by atoms with Crippen LogP contribution in [0.25, 0.3) is 10.9 Å². The van der Waals surface area contributed by atoms with E-state index in [9.17, 15) is 9.59 Å². The van der Waals surface area contributed by atoms with Crippen molar-refractivity contribution in [1.29, 1.82) is 0 Å². The molecule has 6 nitrogen and oxygen atoms in total. The Kier molecular flexibility index (Phi) is 4.40. The van der Waals surface area contributed by atoms with Crippen LogP contribution in [0.4, 0.5) is 0 Å². The summed E-state index contributed by atoms with van der Waals surface area (Å²) in [6.45, 7) is 4.92. The Balaban J connectivity index is 2.84. The lowest BCUT2D eigenvalue weighted by molar-refractivity contribution is -0.132. The van der Waals surface area contributed by atoms with E-state index in [1.54, 1.807) is 32.4 Å². The number of benzene rings is 1. The molecule has 0 fully saturated rings. The molecule has 0 N–H and O–H groups in total. The van der Waals surface area contributed by atoms with Crippen LogP contribution in [0.5, 0.6) is 17.2 Å². The summed E-state index contributed by atoms with van der Waals surface area (Å²) in [7, 11) is 3.16. The highest BCUT2D eigenvalue weighted by atomic mass is 16.6. The number of aromatic nitrogens is 1. The molecule has 0 aliphatic rings. The first kappa shape index (κ1) is 15.9. The maximum Gasteiger partial charge on any atom is 0.308 e. The monoisotopic (exact) mass is 305 g/mol. The van der Waals surface area contributed by atoms with Crippen molar-refractivity contribution in [1.82, 2.24) is 4.57 Å². The number of rotatable bonds is 4. The number of aryl methyl sites for hydroxylation is 1. The lowest BCUT2D eigenvalue weighted by atomic mass is 10.1. The highest BCUT2D eigenvalue weighted by Crippen LogP contribution is 2.35. The van der Waals surface area contributed by atoms with Gasteiger partial charge in [0.15, 0.2) is 5.75 Å². The Morgan fingerprint density at radius 2 is 1.91 bits per heavy atom. The largest absolute Gasteiger partial charge is 0.497 e. The van der Waals surface area contributed by atoms with Gasteiger partial charge in [0.1, 0.15) is 5.75 Å². The van der Waals surface area contributed by atoms with Crippen LogP contribution in [0.1, 0.15) is 20.8 Å². The molecular weight excluding hydrogens is 286 g/mol. The summed E-state index contributed by atoms with van der Waals surface area (Å²) in [6.07, 6.45) is -0.174. The van der Waals surface area contributed by atoms with Crippen molar-refractivity contribution in [2.45, 2.75) is 26.9 Å².